The van der Waals surface area contributed by atoms with Gasteiger partial charge < -0.3 is 43.4 Å². The summed E-state index contributed by atoms with van der Waals surface area (Å²) in [6.07, 6.45) is -5.45. The van der Waals surface area contributed by atoms with Crippen LogP contribution >= 0.6 is 0 Å². The number of methoxy groups -OCH3 is 4. The molecule has 7 bridgehead atoms. The number of aliphatic hydroxyl groups is 2. The van der Waals surface area contributed by atoms with Crippen LogP contribution in [0.25, 0.3) is 0 Å². The fraction of sp³-hybridized carbons (Fsp3) is 0.750. The van der Waals surface area contributed by atoms with Gasteiger partial charge in [-0.25, -0.2) is 4.79 Å². The van der Waals surface area contributed by atoms with Crippen molar-refractivity contribution < 1.29 is 57.8 Å². The number of carbonyl (C=O) groups excluding carboxylic acids is 3. The van der Waals surface area contributed by atoms with Gasteiger partial charge in [-0.15, -0.1) is 0 Å². The molecule has 270 valence electrons. The Hall–Kier alpha value is -2.65. The molecule has 1 saturated heterocycles. The molecule has 6 fully saturated rings. The topological polar surface area (TPSA) is 160 Å². The molecule has 7 rings (SSSR count). The van der Waals surface area contributed by atoms with Gasteiger partial charge >= 0.3 is 17.9 Å². The third-order valence-corrected chi connectivity index (χ3v) is 13.4. The van der Waals surface area contributed by atoms with Crippen LogP contribution in [0.1, 0.15) is 44.0 Å². The summed E-state index contributed by atoms with van der Waals surface area (Å²) < 4.78 is 43.9. The van der Waals surface area contributed by atoms with Gasteiger partial charge in [0.1, 0.15) is 30.0 Å². The first-order valence-electron chi connectivity index (χ1n) is 17.2. The summed E-state index contributed by atoms with van der Waals surface area (Å²) in [6, 6.07) is 8.12. The predicted octanol–water partition coefficient (Wildman–Crippen LogP) is 1.22. The van der Waals surface area contributed by atoms with Crippen LogP contribution in [0.5, 0.6) is 0 Å². The van der Waals surface area contributed by atoms with Crippen LogP contribution in [0.2, 0.25) is 0 Å². The van der Waals surface area contributed by atoms with Gasteiger partial charge in [0.25, 0.3) is 0 Å². The molecule has 6 aliphatic rings. The van der Waals surface area contributed by atoms with Crippen molar-refractivity contribution in [1.82, 2.24) is 4.90 Å². The molecule has 1 aliphatic heterocycles. The second-order valence-electron chi connectivity index (χ2n) is 15.0. The molecule has 13 heteroatoms. The summed E-state index contributed by atoms with van der Waals surface area (Å²) >= 11 is 0. The lowest BCUT2D eigenvalue weighted by Gasteiger charge is -2.70. The first-order chi connectivity index (χ1) is 23.4. The molecular formula is C36H49NO12. The molecule has 1 spiro atoms. The lowest BCUT2D eigenvalue weighted by molar-refractivity contribution is -0.322. The maximum atomic E-state index is 13.8. The number of aliphatic hydroxyl groups excluding tert-OH is 1. The Morgan fingerprint density at radius 2 is 1.63 bits per heavy atom. The van der Waals surface area contributed by atoms with Gasteiger partial charge in [0.15, 0.2) is 5.60 Å². The highest BCUT2D eigenvalue weighted by Crippen LogP contribution is 2.80. The van der Waals surface area contributed by atoms with Gasteiger partial charge in [0.2, 0.25) is 0 Å². The fourth-order valence-electron chi connectivity index (χ4n) is 12.7. The Kier molecular flexibility index (Phi) is 8.49. The highest BCUT2D eigenvalue weighted by Gasteiger charge is 2.92. The summed E-state index contributed by atoms with van der Waals surface area (Å²) in [6.45, 7) is 5.99. The molecule has 15 atom stereocenters. The number of fused-ring (bicyclic) bond motifs is 2. The Morgan fingerprint density at radius 1 is 0.918 bits per heavy atom. The van der Waals surface area contributed by atoms with Gasteiger partial charge in [0.05, 0.1) is 24.4 Å². The second-order valence-corrected chi connectivity index (χ2v) is 15.0. The van der Waals surface area contributed by atoms with Crippen molar-refractivity contribution in [3.05, 3.63) is 35.9 Å². The number of nitrogens with zero attached hydrogens (tertiary/aromatic N) is 1. The summed E-state index contributed by atoms with van der Waals surface area (Å²) in [4.78, 5) is 42.2. The molecule has 1 aromatic rings. The molecule has 1 heterocycles. The second kappa shape index (κ2) is 12.0. The number of hydrogen-bond acceptors (Lipinski definition) is 13. The number of piperidine rings is 1. The fourth-order valence-corrected chi connectivity index (χ4v) is 12.7. The average molecular weight is 688 g/mol. The van der Waals surface area contributed by atoms with Crippen LogP contribution in [0.4, 0.5) is 0 Å². The average Bonchev–Trinajstić information content (AvgIpc) is 3.44. The van der Waals surface area contributed by atoms with Crippen LogP contribution in [0.3, 0.4) is 0 Å². The van der Waals surface area contributed by atoms with Crippen LogP contribution in [0.15, 0.2) is 30.3 Å². The van der Waals surface area contributed by atoms with E-state index in [1.165, 1.54) is 21.0 Å². The van der Waals surface area contributed by atoms with E-state index in [0.29, 0.717) is 19.5 Å². The number of esters is 3. The Labute approximate surface area is 286 Å². The van der Waals surface area contributed by atoms with Crippen molar-refractivity contribution >= 4 is 17.9 Å². The molecule has 0 aromatic heterocycles. The molecule has 5 saturated carbocycles. The van der Waals surface area contributed by atoms with Crippen LogP contribution in [0, 0.1) is 34.5 Å². The number of benzene rings is 1. The number of rotatable bonds is 10. The Bertz CT molecular complexity index is 1480. The van der Waals surface area contributed by atoms with Crippen molar-refractivity contribution in [2.75, 3.05) is 48.1 Å². The summed E-state index contributed by atoms with van der Waals surface area (Å²) in [5, 5.41) is 25.5. The van der Waals surface area contributed by atoms with E-state index in [1.54, 1.807) is 51.7 Å². The lowest BCUT2D eigenvalue weighted by atomic mass is 9.42. The Morgan fingerprint density at radius 3 is 2.20 bits per heavy atom. The van der Waals surface area contributed by atoms with E-state index >= 15 is 0 Å². The van der Waals surface area contributed by atoms with Crippen molar-refractivity contribution in [1.29, 1.82) is 0 Å². The molecule has 0 amide bonds. The zero-order chi connectivity index (χ0) is 35.3. The number of ether oxygens (including phenoxy) is 7. The summed E-state index contributed by atoms with van der Waals surface area (Å²) in [7, 11) is 6.25. The molecule has 13 nitrogen and oxygen atoms in total. The minimum atomic E-state index is -1.86. The zero-order valence-electron chi connectivity index (χ0n) is 29.2. The molecule has 0 radical (unpaired) electrons. The van der Waals surface area contributed by atoms with Crippen molar-refractivity contribution in [2.24, 2.45) is 34.5 Å². The maximum absolute atomic E-state index is 13.8. The van der Waals surface area contributed by atoms with Crippen molar-refractivity contribution in [2.45, 2.75) is 87.5 Å². The zero-order valence-corrected chi connectivity index (χ0v) is 29.2. The minimum Gasteiger partial charge on any atom is -0.462 e. The smallest absolute Gasteiger partial charge is 0.338 e. The van der Waals surface area contributed by atoms with E-state index in [4.69, 9.17) is 33.2 Å². The van der Waals surface area contributed by atoms with Gasteiger partial charge in [0, 0.05) is 89.9 Å². The molecule has 5 aliphatic carbocycles. The molecule has 49 heavy (non-hydrogen) atoms. The highest BCUT2D eigenvalue weighted by molar-refractivity contribution is 5.89. The van der Waals surface area contributed by atoms with E-state index in [0.717, 1.165) is 0 Å². The van der Waals surface area contributed by atoms with Crippen molar-refractivity contribution in [3.63, 3.8) is 0 Å². The largest absolute Gasteiger partial charge is 0.462 e. The maximum Gasteiger partial charge on any atom is 0.338 e. The van der Waals surface area contributed by atoms with E-state index in [1.807, 2.05) is 6.92 Å². The van der Waals surface area contributed by atoms with Crippen molar-refractivity contribution in [3.8, 4) is 0 Å². The standard InChI is InChI=1S/C36H49NO12/c1-8-37-16-33(17-43-4)22(47-18(2)38)14-23(44-5)35-21-15-34(42)30(48-32(41)20-12-10-9-11-13-20)24(21)36(49-19(3)39,29(40)31(34)46-7)25(28(35)37)26(45-6)27(33)35/h9-13,21-31,40,42H,8,14-17H2,1-7H3/t21-,22?,23?,24-,25?,26?,27-,28?,29?,30?,31+,33+,34-,35?,36-/m1/s1. The van der Waals surface area contributed by atoms with Gasteiger partial charge in [-0.05, 0) is 31.0 Å². The highest BCUT2D eigenvalue weighted by atomic mass is 16.6. The van der Waals surface area contributed by atoms with Gasteiger partial charge in [-0.2, -0.15) is 0 Å². The quantitative estimate of drug-likeness (QED) is 0.267. The van der Waals surface area contributed by atoms with Gasteiger partial charge in [-0.3, -0.25) is 14.5 Å². The Balaban J connectivity index is 1.53. The number of carbonyl (C=O) groups is 3. The predicted molar refractivity (Wildman–Crippen MR) is 170 cm³/mol. The van der Waals surface area contributed by atoms with Crippen LogP contribution in [-0.4, -0.2) is 135 Å². The SMILES string of the molecule is CCN1C[C@]2(COC)C(OC(C)=O)CC(OC)C34C1C(C(OC)[C@@H]32)[C@@]1(OC(C)=O)C(O)[C@H](OC)[C@@]2(O)C[C@@H]4[C@@H]1C2OC(=O)c1ccccc1. The van der Waals surface area contributed by atoms with E-state index in [-0.39, 0.29) is 24.6 Å². The lowest BCUT2D eigenvalue weighted by Crippen LogP contribution is -2.81. The summed E-state index contributed by atoms with van der Waals surface area (Å²) in [5.74, 6) is -4.24. The third kappa shape index (κ3) is 4.21. The first kappa shape index (κ1) is 34.8. The molecule has 8 unspecified atom stereocenters. The molecule has 1 aromatic carbocycles. The van der Waals surface area contributed by atoms with Crippen LogP contribution < -0.4 is 0 Å². The van der Waals surface area contributed by atoms with Gasteiger partial charge in [-0.1, -0.05) is 25.1 Å². The third-order valence-electron chi connectivity index (χ3n) is 13.4. The first-order valence-corrected chi connectivity index (χ1v) is 17.2. The molecule has 2 N–H and O–H groups in total. The number of likely N-dealkylation sites (tertiary alicyclic amines) is 1. The minimum absolute atomic E-state index is 0.0534. The normalized spacial score (nSPS) is 47.4. The summed E-state index contributed by atoms with van der Waals surface area (Å²) in [5.41, 5.74) is -4.92. The molecular weight excluding hydrogens is 638 g/mol. The van der Waals surface area contributed by atoms with Crippen LogP contribution in [-0.2, 0) is 42.7 Å². The van der Waals surface area contributed by atoms with E-state index < -0.39 is 100 Å². The van der Waals surface area contributed by atoms with E-state index in [2.05, 4.69) is 4.90 Å². The van der Waals surface area contributed by atoms with E-state index in [9.17, 15) is 24.6 Å². The monoisotopic (exact) mass is 687 g/mol. The number of hydrogen-bond donors (Lipinski definition) is 2.